The third-order valence-corrected chi connectivity index (χ3v) is 8.04. The van der Waals surface area contributed by atoms with E-state index in [9.17, 15) is 19.2 Å². The monoisotopic (exact) mass is 596 g/mol. The van der Waals surface area contributed by atoms with Crippen molar-refractivity contribution < 1.29 is 19.1 Å². The fourth-order valence-corrected chi connectivity index (χ4v) is 5.64. The summed E-state index contributed by atoms with van der Waals surface area (Å²) in [6.07, 6.45) is 2.14. The number of thiophene rings is 1. The van der Waals surface area contributed by atoms with Gasteiger partial charge in [0.05, 0.1) is 5.52 Å². The van der Waals surface area contributed by atoms with Crippen molar-refractivity contribution in [3.05, 3.63) is 90.9 Å². The molecule has 4 aromatic rings. The maximum Gasteiger partial charge on any atom is 0.332 e. The Morgan fingerprint density at radius 2 is 1.71 bits per heavy atom. The highest BCUT2D eigenvalue weighted by atomic mass is 35.5. The van der Waals surface area contributed by atoms with Crippen molar-refractivity contribution in [1.29, 1.82) is 0 Å². The zero-order valence-corrected chi connectivity index (χ0v) is 23.8. The molecule has 0 bridgehead atoms. The predicted molar refractivity (Wildman–Crippen MR) is 157 cm³/mol. The number of carbonyl (C=O) groups excluding carboxylic acids is 2. The quantitative estimate of drug-likeness (QED) is 0.240. The number of unbranched alkanes of at least 4 members (excludes halogenated alkanes) is 2. The summed E-state index contributed by atoms with van der Waals surface area (Å²) >= 11 is 7.41. The molecule has 12 heteroatoms. The molecule has 2 N–H and O–H groups in total. The second kappa shape index (κ2) is 13.0. The normalized spacial score (nSPS) is 12.0. The number of nitrogens with one attached hydrogen (secondary N) is 2. The van der Waals surface area contributed by atoms with Gasteiger partial charge in [0.1, 0.15) is 11.2 Å². The highest BCUT2D eigenvalue weighted by Gasteiger charge is 2.17. The summed E-state index contributed by atoms with van der Waals surface area (Å²) in [4.78, 5) is 51.3. The average molecular weight is 597 g/mol. The Bertz CT molecular complexity index is 1690. The Hall–Kier alpha value is -4.09. The second-order valence-electron chi connectivity index (χ2n) is 9.60. The summed E-state index contributed by atoms with van der Waals surface area (Å²) in [5, 5.41) is 7.96. The van der Waals surface area contributed by atoms with Crippen LogP contribution in [0.3, 0.4) is 0 Å². The van der Waals surface area contributed by atoms with Gasteiger partial charge in [-0.3, -0.25) is 23.5 Å². The number of fused-ring (bicyclic) bond motifs is 2. The van der Waals surface area contributed by atoms with Gasteiger partial charge in [0, 0.05) is 31.1 Å². The number of ether oxygens (including phenoxy) is 2. The maximum atomic E-state index is 13.3. The summed E-state index contributed by atoms with van der Waals surface area (Å²) < 4.78 is 13.6. The van der Waals surface area contributed by atoms with Gasteiger partial charge in [0.15, 0.2) is 11.5 Å². The van der Waals surface area contributed by atoms with E-state index in [0.717, 1.165) is 11.1 Å². The van der Waals surface area contributed by atoms with Crippen molar-refractivity contribution in [2.75, 3.05) is 6.79 Å². The van der Waals surface area contributed by atoms with E-state index in [2.05, 4.69) is 10.6 Å². The minimum Gasteiger partial charge on any atom is -0.454 e. The molecule has 0 saturated carbocycles. The van der Waals surface area contributed by atoms with Crippen LogP contribution in [0.4, 0.5) is 0 Å². The van der Waals surface area contributed by atoms with Gasteiger partial charge < -0.3 is 20.1 Å². The zero-order valence-electron chi connectivity index (χ0n) is 22.2. The molecule has 2 amide bonds. The lowest BCUT2D eigenvalue weighted by molar-refractivity contribution is -0.122. The molecule has 5 rings (SSSR count). The summed E-state index contributed by atoms with van der Waals surface area (Å²) in [6, 6.07) is 14.4. The Balaban J connectivity index is 1.13. The first kappa shape index (κ1) is 28.4. The molecular formula is C29H29ClN4O6S. The Morgan fingerprint density at radius 3 is 2.56 bits per heavy atom. The molecule has 2 aromatic heterocycles. The molecule has 1 aliphatic rings. The van der Waals surface area contributed by atoms with Crippen LogP contribution in [0.1, 0.15) is 36.8 Å². The molecule has 2 aromatic carbocycles. The van der Waals surface area contributed by atoms with Gasteiger partial charge >= 0.3 is 5.69 Å². The van der Waals surface area contributed by atoms with E-state index in [0.29, 0.717) is 59.0 Å². The molecule has 0 radical (unpaired) electrons. The lowest BCUT2D eigenvalue weighted by Gasteiger charge is -2.13. The van der Waals surface area contributed by atoms with Crippen LogP contribution in [0.2, 0.25) is 5.02 Å². The third kappa shape index (κ3) is 6.80. The molecule has 1 aliphatic heterocycles. The number of rotatable bonds is 12. The smallest absolute Gasteiger partial charge is 0.332 e. The largest absolute Gasteiger partial charge is 0.454 e. The first-order valence-corrected chi connectivity index (χ1v) is 14.5. The lowest BCUT2D eigenvalue weighted by Crippen LogP contribution is -2.42. The zero-order chi connectivity index (χ0) is 28.8. The van der Waals surface area contributed by atoms with Gasteiger partial charge in [-0.15, -0.1) is 11.3 Å². The van der Waals surface area contributed by atoms with Crippen molar-refractivity contribution >= 4 is 45.0 Å². The molecular weight excluding hydrogens is 568 g/mol. The summed E-state index contributed by atoms with van der Waals surface area (Å²) in [5.41, 5.74) is 1.22. The SMILES string of the molecule is O=C(CCCCCn1c(=O)c2sccc2n(CC(=O)NCc2ccccc2Cl)c1=O)NCc1ccc2c(c1)OCO2. The summed E-state index contributed by atoms with van der Waals surface area (Å²) in [7, 11) is 0. The predicted octanol–water partition coefficient (Wildman–Crippen LogP) is 3.80. The van der Waals surface area contributed by atoms with Gasteiger partial charge in [-0.25, -0.2) is 4.79 Å². The number of hydrogen-bond donors (Lipinski definition) is 2. The molecule has 214 valence electrons. The van der Waals surface area contributed by atoms with Crippen molar-refractivity contribution in [1.82, 2.24) is 19.8 Å². The van der Waals surface area contributed by atoms with E-state index >= 15 is 0 Å². The number of hydrogen-bond acceptors (Lipinski definition) is 7. The van der Waals surface area contributed by atoms with E-state index in [4.69, 9.17) is 21.1 Å². The molecule has 0 unspecified atom stereocenters. The molecule has 0 fully saturated rings. The van der Waals surface area contributed by atoms with Crippen LogP contribution in [0.5, 0.6) is 11.5 Å². The average Bonchev–Trinajstić information content (AvgIpc) is 3.65. The molecule has 0 spiro atoms. The number of aromatic nitrogens is 2. The molecule has 10 nitrogen and oxygen atoms in total. The molecule has 0 atom stereocenters. The first-order chi connectivity index (χ1) is 19.9. The van der Waals surface area contributed by atoms with Crippen LogP contribution in [-0.4, -0.2) is 27.7 Å². The van der Waals surface area contributed by atoms with Gasteiger partial charge in [0.25, 0.3) is 5.56 Å². The van der Waals surface area contributed by atoms with Crippen LogP contribution in [0, 0.1) is 0 Å². The van der Waals surface area contributed by atoms with Gasteiger partial charge in [-0.2, -0.15) is 0 Å². The van der Waals surface area contributed by atoms with Crippen molar-refractivity contribution in [3.63, 3.8) is 0 Å². The fraction of sp³-hybridized carbons (Fsp3) is 0.310. The van der Waals surface area contributed by atoms with E-state index in [1.54, 1.807) is 23.6 Å². The van der Waals surface area contributed by atoms with E-state index in [1.165, 1.54) is 20.5 Å². The van der Waals surface area contributed by atoms with Gasteiger partial charge in [0.2, 0.25) is 18.6 Å². The molecule has 0 aliphatic carbocycles. The van der Waals surface area contributed by atoms with Gasteiger partial charge in [-0.1, -0.05) is 42.3 Å². The van der Waals surface area contributed by atoms with Crippen LogP contribution >= 0.6 is 22.9 Å². The first-order valence-electron chi connectivity index (χ1n) is 13.3. The third-order valence-electron chi connectivity index (χ3n) is 6.78. The standard InChI is InChI=1S/C29H29ClN4O6S/c30-21-7-4-3-6-20(21)16-32-26(36)17-34-22-11-13-41-27(22)28(37)33(29(34)38)12-5-1-2-8-25(35)31-15-19-9-10-23-24(14-19)40-18-39-23/h3-4,6-7,9-11,13-14H,1-2,5,8,12,15-18H2,(H,31,35)(H,32,36). The number of halogens is 1. The number of amides is 2. The minimum absolute atomic E-state index is 0.0787. The van der Waals surface area contributed by atoms with Crippen molar-refractivity contribution in [3.8, 4) is 11.5 Å². The van der Waals surface area contributed by atoms with Crippen molar-refractivity contribution in [2.45, 2.75) is 51.9 Å². The second-order valence-corrected chi connectivity index (χ2v) is 10.9. The molecule has 41 heavy (non-hydrogen) atoms. The number of carbonyl (C=O) groups is 2. The summed E-state index contributed by atoms with van der Waals surface area (Å²) in [6.45, 7) is 0.791. The van der Waals surface area contributed by atoms with E-state index in [-0.39, 0.29) is 43.8 Å². The Morgan fingerprint density at radius 1 is 0.902 bits per heavy atom. The summed E-state index contributed by atoms with van der Waals surface area (Å²) in [5.74, 6) is 0.923. The number of benzene rings is 2. The maximum absolute atomic E-state index is 13.3. The topological polar surface area (TPSA) is 121 Å². The fourth-order valence-electron chi connectivity index (χ4n) is 4.59. The van der Waals surface area contributed by atoms with Crippen molar-refractivity contribution in [2.24, 2.45) is 0 Å². The molecule has 0 saturated heterocycles. The van der Waals surface area contributed by atoms with Crippen LogP contribution in [0.25, 0.3) is 10.2 Å². The van der Waals surface area contributed by atoms with E-state index in [1.807, 2.05) is 30.3 Å². The highest BCUT2D eigenvalue weighted by Crippen LogP contribution is 2.32. The highest BCUT2D eigenvalue weighted by molar-refractivity contribution is 7.17. The van der Waals surface area contributed by atoms with Crippen LogP contribution in [0.15, 0.2) is 63.5 Å². The van der Waals surface area contributed by atoms with Crippen LogP contribution < -0.4 is 31.4 Å². The Labute approximate surface area is 244 Å². The number of nitrogens with zero attached hydrogens (tertiary/aromatic N) is 2. The lowest BCUT2D eigenvalue weighted by atomic mass is 10.1. The van der Waals surface area contributed by atoms with Gasteiger partial charge in [-0.05, 0) is 53.6 Å². The van der Waals surface area contributed by atoms with E-state index < -0.39 is 5.69 Å². The van der Waals surface area contributed by atoms with Crippen LogP contribution in [-0.2, 0) is 35.8 Å². The Kier molecular flexibility index (Phi) is 9.05. The molecule has 3 heterocycles. The minimum atomic E-state index is -0.532.